The fourth-order valence-electron chi connectivity index (χ4n) is 3.15. The predicted octanol–water partition coefficient (Wildman–Crippen LogP) is 5.11. The van der Waals surface area contributed by atoms with Gasteiger partial charge < -0.3 is 24.5 Å². The molecule has 0 saturated carbocycles. The predicted molar refractivity (Wildman–Crippen MR) is 121 cm³/mol. The van der Waals surface area contributed by atoms with E-state index in [9.17, 15) is 9.59 Å². The Balaban J connectivity index is 2.31. The number of esters is 2. The number of H-pyrrole nitrogens is 1. The normalized spacial score (nSPS) is 11.4. The van der Waals surface area contributed by atoms with Crippen LogP contribution in [-0.2, 0) is 22.4 Å². The van der Waals surface area contributed by atoms with Gasteiger partial charge in [0.25, 0.3) is 0 Å². The first-order chi connectivity index (χ1) is 14.6. The number of hydrogen-bond donors (Lipinski definition) is 2. The molecule has 7 heteroatoms. The first-order valence-corrected chi connectivity index (χ1v) is 10.7. The van der Waals surface area contributed by atoms with Crippen molar-refractivity contribution in [1.29, 1.82) is 0 Å². The minimum atomic E-state index is -0.643. The molecule has 0 radical (unpaired) electrons. The summed E-state index contributed by atoms with van der Waals surface area (Å²) in [4.78, 5) is 28.5. The topological polar surface area (TPSA) is 89.7 Å². The van der Waals surface area contributed by atoms with Crippen molar-refractivity contribution in [2.45, 2.75) is 73.1 Å². The fourth-order valence-corrected chi connectivity index (χ4v) is 3.15. The highest BCUT2D eigenvalue weighted by molar-refractivity contribution is 5.99. The number of carbonyl (C=O) groups is 2. The standard InChI is InChI=1S/C24H34N2O5/c1-8-18-20(22(27)29-9-2)19(26-21(18)23(28)31-24(5,6)7)14-25-16-10-12-17(13-11-16)30-15(3)4/h10-13,15,25-26H,8-9,14H2,1-7H3. The van der Waals surface area contributed by atoms with Crippen LogP contribution in [-0.4, -0.2) is 35.2 Å². The van der Waals surface area contributed by atoms with E-state index in [4.69, 9.17) is 14.2 Å². The van der Waals surface area contributed by atoms with Gasteiger partial charge in [0.2, 0.25) is 0 Å². The van der Waals surface area contributed by atoms with Crippen molar-refractivity contribution in [3.8, 4) is 5.75 Å². The molecule has 0 aliphatic rings. The van der Waals surface area contributed by atoms with Crippen LogP contribution in [0.4, 0.5) is 5.69 Å². The van der Waals surface area contributed by atoms with Crippen LogP contribution in [0.3, 0.4) is 0 Å². The largest absolute Gasteiger partial charge is 0.491 e. The van der Waals surface area contributed by atoms with E-state index in [0.717, 1.165) is 11.4 Å². The molecule has 0 fully saturated rings. The highest BCUT2D eigenvalue weighted by Gasteiger charge is 2.29. The van der Waals surface area contributed by atoms with E-state index in [1.165, 1.54) is 0 Å². The summed E-state index contributed by atoms with van der Waals surface area (Å²) < 4.78 is 16.4. The van der Waals surface area contributed by atoms with Crippen molar-refractivity contribution >= 4 is 17.6 Å². The molecular formula is C24H34N2O5. The van der Waals surface area contributed by atoms with Crippen LogP contribution < -0.4 is 10.1 Å². The van der Waals surface area contributed by atoms with Gasteiger partial charge in [-0.15, -0.1) is 0 Å². The molecule has 0 spiro atoms. The van der Waals surface area contributed by atoms with Crippen molar-refractivity contribution in [2.75, 3.05) is 11.9 Å². The lowest BCUT2D eigenvalue weighted by Crippen LogP contribution is -2.24. The number of aromatic amines is 1. The molecular weight excluding hydrogens is 396 g/mol. The van der Waals surface area contributed by atoms with E-state index in [2.05, 4.69) is 10.3 Å². The molecule has 0 amide bonds. The van der Waals surface area contributed by atoms with Crippen LogP contribution in [0.1, 0.15) is 80.6 Å². The van der Waals surface area contributed by atoms with Gasteiger partial charge in [-0.05, 0) is 77.8 Å². The van der Waals surface area contributed by atoms with Crippen LogP contribution in [0.5, 0.6) is 5.75 Å². The van der Waals surface area contributed by atoms with Gasteiger partial charge in [0, 0.05) is 11.4 Å². The van der Waals surface area contributed by atoms with Gasteiger partial charge in [0.1, 0.15) is 17.0 Å². The molecule has 1 aromatic carbocycles. The van der Waals surface area contributed by atoms with Crippen molar-refractivity contribution in [1.82, 2.24) is 4.98 Å². The third kappa shape index (κ3) is 6.77. The van der Waals surface area contributed by atoms with Crippen LogP contribution >= 0.6 is 0 Å². The quantitative estimate of drug-likeness (QED) is 0.538. The summed E-state index contributed by atoms with van der Waals surface area (Å²) in [6.07, 6.45) is 0.587. The van der Waals surface area contributed by atoms with Crippen molar-refractivity contribution in [2.24, 2.45) is 0 Å². The van der Waals surface area contributed by atoms with E-state index in [1.54, 1.807) is 27.7 Å². The zero-order chi connectivity index (χ0) is 23.2. The third-order valence-corrected chi connectivity index (χ3v) is 4.31. The molecule has 7 nitrogen and oxygen atoms in total. The Morgan fingerprint density at radius 3 is 2.23 bits per heavy atom. The Morgan fingerprint density at radius 1 is 1.06 bits per heavy atom. The molecule has 170 valence electrons. The van der Waals surface area contributed by atoms with Crippen molar-refractivity contribution in [3.63, 3.8) is 0 Å². The number of nitrogens with one attached hydrogen (secondary N) is 2. The summed E-state index contributed by atoms with van der Waals surface area (Å²) in [5, 5.41) is 3.28. The summed E-state index contributed by atoms with van der Waals surface area (Å²) in [5.74, 6) is -0.160. The second-order valence-corrected chi connectivity index (χ2v) is 8.45. The average molecular weight is 431 g/mol. The fraction of sp³-hybridized carbons (Fsp3) is 0.500. The van der Waals surface area contributed by atoms with Gasteiger partial charge in [-0.1, -0.05) is 6.92 Å². The number of aromatic nitrogens is 1. The molecule has 0 unspecified atom stereocenters. The molecule has 2 N–H and O–H groups in total. The highest BCUT2D eigenvalue weighted by atomic mass is 16.6. The van der Waals surface area contributed by atoms with Gasteiger partial charge in [0.15, 0.2) is 0 Å². The Labute approximate surface area is 184 Å². The van der Waals surface area contributed by atoms with Crippen LogP contribution in [0.25, 0.3) is 0 Å². The van der Waals surface area contributed by atoms with Gasteiger partial charge >= 0.3 is 11.9 Å². The summed E-state index contributed by atoms with van der Waals surface area (Å²) in [6, 6.07) is 7.57. The highest BCUT2D eigenvalue weighted by Crippen LogP contribution is 2.25. The summed E-state index contributed by atoms with van der Waals surface area (Å²) >= 11 is 0. The van der Waals surface area contributed by atoms with Gasteiger partial charge in [-0.25, -0.2) is 9.59 Å². The lowest BCUT2D eigenvalue weighted by atomic mass is 10.1. The number of rotatable bonds is 9. The molecule has 0 atom stereocenters. The maximum absolute atomic E-state index is 12.7. The number of ether oxygens (including phenoxy) is 3. The molecule has 0 saturated heterocycles. The summed E-state index contributed by atoms with van der Waals surface area (Å²) in [7, 11) is 0. The molecule has 0 aliphatic carbocycles. The zero-order valence-electron chi connectivity index (χ0n) is 19.5. The molecule has 0 aliphatic heterocycles. The first kappa shape index (κ1) is 24.3. The maximum atomic E-state index is 12.7. The SMILES string of the molecule is CCOC(=O)c1c(CNc2ccc(OC(C)C)cc2)[nH]c(C(=O)OC(C)(C)C)c1CC. The van der Waals surface area contributed by atoms with E-state index in [-0.39, 0.29) is 18.4 Å². The summed E-state index contributed by atoms with van der Waals surface area (Å²) in [5.41, 5.74) is 2.08. The van der Waals surface area contributed by atoms with Crippen LogP contribution in [0.2, 0.25) is 0 Å². The van der Waals surface area contributed by atoms with E-state index in [1.807, 2.05) is 45.0 Å². The second-order valence-electron chi connectivity index (χ2n) is 8.45. The Morgan fingerprint density at radius 2 is 1.71 bits per heavy atom. The zero-order valence-corrected chi connectivity index (χ0v) is 19.5. The summed E-state index contributed by atoms with van der Waals surface area (Å²) in [6.45, 7) is 13.6. The minimum Gasteiger partial charge on any atom is -0.491 e. The van der Waals surface area contributed by atoms with Crippen molar-refractivity contribution < 1.29 is 23.8 Å². The first-order valence-electron chi connectivity index (χ1n) is 10.7. The van der Waals surface area contributed by atoms with Gasteiger partial charge in [-0.2, -0.15) is 0 Å². The number of anilines is 1. The molecule has 2 aromatic rings. The lowest BCUT2D eigenvalue weighted by molar-refractivity contribution is 0.00622. The number of carbonyl (C=O) groups excluding carboxylic acids is 2. The van der Waals surface area contributed by atoms with E-state index in [0.29, 0.717) is 29.8 Å². The number of benzene rings is 1. The Bertz CT molecular complexity index is 892. The molecule has 2 rings (SSSR count). The monoisotopic (exact) mass is 430 g/mol. The van der Waals surface area contributed by atoms with E-state index < -0.39 is 17.5 Å². The minimum absolute atomic E-state index is 0.101. The Kier molecular flexibility index (Phi) is 8.14. The molecule has 31 heavy (non-hydrogen) atoms. The maximum Gasteiger partial charge on any atom is 0.355 e. The third-order valence-electron chi connectivity index (χ3n) is 4.31. The molecule has 1 heterocycles. The van der Waals surface area contributed by atoms with Gasteiger partial charge in [0.05, 0.1) is 24.8 Å². The lowest BCUT2D eigenvalue weighted by Gasteiger charge is -2.19. The number of hydrogen-bond acceptors (Lipinski definition) is 6. The Hall–Kier alpha value is -2.96. The van der Waals surface area contributed by atoms with Crippen LogP contribution in [0, 0.1) is 0 Å². The molecule has 0 bridgehead atoms. The van der Waals surface area contributed by atoms with Gasteiger partial charge in [-0.3, -0.25) is 0 Å². The smallest absolute Gasteiger partial charge is 0.355 e. The second kappa shape index (κ2) is 10.4. The van der Waals surface area contributed by atoms with E-state index >= 15 is 0 Å². The molecule has 1 aromatic heterocycles. The average Bonchev–Trinajstić information content (AvgIpc) is 3.05. The van der Waals surface area contributed by atoms with Crippen LogP contribution in [0.15, 0.2) is 24.3 Å². The van der Waals surface area contributed by atoms with Crippen molar-refractivity contribution in [3.05, 3.63) is 46.8 Å².